The molecule has 2 fully saturated rings. The van der Waals surface area contributed by atoms with Crippen molar-refractivity contribution in [3.63, 3.8) is 0 Å². The third-order valence-electron chi connectivity index (χ3n) is 6.57. The lowest BCUT2D eigenvalue weighted by Gasteiger charge is -2.45. The number of carbonyl (C=O) groups is 2. The fraction of sp³-hybridized carbons (Fsp3) is 0.920. The van der Waals surface area contributed by atoms with E-state index in [9.17, 15) is 9.59 Å². The van der Waals surface area contributed by atoms with E-state index >= 15 is 0 Å². The van der Waals surface area contributed by atoms with Crippen LogP contribution in [-0.2, 0) is 9.53 Å². The van der Waals surface area contributed by atoms with Gasteiger partial charge in [-0.15, -0.1) is 0 Å². The van der Waals surface area contributed by atoms with Crippen molar-refractivity contribution in [3.8, 4) is 0 Å². The molecule has 180 valence electrons. The average Bonchev–Trinajstić information content (AvgIpc) is 2.97. The maximum Gasteiger partial charge on any atom is 0.410 e. The second-order valence-corrected chi connectivity index (χ2v) is 12.8. The third-order valence-corrected chi connectivity index (χ3v) is 6.57. The van der Waals surface area contributed by atoms with Crippen LogP contribution >= 0.6 is 0 Å². The van der Waals surface area contributed by atoms with Crippen LogP contribution in [0.3, 0.4) is 0 Å². The molecule has 0 aromatic rings. The van der Waals surface area contributed by atoms with Gasteiger partial charge in [0.25, 0.3) is 0 Å². The molecule has 1 saturated heterocycles. The molecular formula is C25H47N3O3. The molecule has 0 unspecified atom stereocenters. The Morgan fingerprint density at radius 3 is 2.00 bits per heavy atom. The summed E-state index contributed by atoms with van der Waals surface area (Å²) in [6.07, 6.45) is 4.88. The molecule has 0 radical (unpaired) electrons. The van der Waals surface area contributed by atoms with Gasteiger partial charge in [0.15, 0.2) is 0 Å². The van der Waals surface area contributed by atoms with Crippen LogP contribution in [0.2, 0.25) is 0 Å². The zero-order valence-electron chi connectivity index (χ0n) is 21.7. The minimum Gasteiger partial charge on any atom is -0.444 e. The number of amides is 2. The Balaban J connectivity index is 2.30. The molecular weight excluding hydrogens is 390 g/mol. The Labute approximate surface area is 190 Å². The van der Waals surface area contributed by atoms with Crippen LogP contribution in [0.5, 0.6) is 0 Å². The van der Waals surface area contributed by atoms with Crippen molar-refractivity contribution in [2.24, 2.45) is 10.8 Å². The molecule has 6 heteroatoms. The van der Waals surface area contributed by atoms with Crippen LogP contribution in [0.4, 0.5) is 4.79 Å². The first-order chi connectivity index (χ1) is 14.0. The van der Waals surface area contributed by atoms with Gasteiger partial charge < -0.3 is 19.4 Å². The Morgan fingerprint density at radius 2 is 1.55 bits per heavy atom. The lowest BCUT2D eigenvalue weighted by atomic mass is 9.74. The van der Waals surface area contributed by atoms with Gasteiger partial charge in [0, 0.05) is 30.6 Å². The van der Waals surface area contributed by atoms with E-state index in [1.54, 1.807) is 0 Å². The molecule has 0 bridgehead atoms. The Bertz CT molecular complexity index is 635. The maximum atomic E-state index is 13.6. The van der Waals surface area contributed by atoms with E-state index in [0.29, 0.717) is 12.0 Å². The van der Waals surface area contributed by atoms with Gasteiger partial charge in [-0.1, -0.05) is 34.6 Å². The normalized spacial score (nSPS) is 25.1. The Morgan fingerprint density at radius 1 is 1.00 bits per heavy atom. The van der Waals surface area contributed by atoms with E-state index in [2.05, 4.69) is 23.6 Å². The summed E-state index contributed by atoms with van der Waals surface area (Å²) in [7, 11) is 4.06. The minimum absolute atomic E-state index is 0.0374. The summed E-state index contributed by atoms with van der Waals surface area (Å²) in [6.45, 7) is 17.7. The van der Waals surface area contributed by atoms with Gasteiger partial charge in [0.05, 0.1) is 6.04 Å². The molecule has 0 N–H and O–H groups in total. The monoisotopic (exact) mass is 437 g/mol. The smallest absolute Gasteiger partial charge is 0.410 e. The summed E-state index contributed by atoms with van der Waals surface area (Å²) in [5.41, 5.74) is -0.629. The lowest BCUT2D eigenvalue weighted by molar-refractivity contribution is -0.146. The van der Waals surface area contributed by atoms with E-state index in [1.165, 1.54) is 0 Å². The highest BCUT2D eigenvalue weighted by molar-refractivity contribution is 5.82. The number of carbonyl (C=O) groups excluding carboxylic acids is 2. The summed E-state index contributed by atoms with van der Waals surface area (Å²) >= 11 is 0. The SMILES string of the molecule is CN(C)C[C@@H]1C[C@H](N(C(=O)C(C)(C)C)C2CCC(C)(C)CC2)CN1C(=O)OC(C)(C)C. The van der Waals surface area contributed by atoms with E-state index < -0.39 is 11.0 Å². The zero-order valence-corrected chi connectivity index (χ0v) is 21.7. The standard InChI is InChI=1S/C25H47N3O3/c1-23(2,3)21(29)28(18-11-13-25(7,8)14-12-18)20-15-19(16-26(9)10)27(17-20)22(30)31-24(4,5)6/h18-20H,11-17H2,1-10H3/t19-,20-/m0/s1. The number of likely N-dealkylation sites (tertiary alicyclic amines) is 1. The van der Waals surface area contributed by atoms with E-state index in [-0.39, 0.29) is 30.1 Å². The Hall–Kier alpha value is -1.30. The molecule has 2 amide bonds. The van der Waals surface area contributed by atoms with Crippen LogP contribution in [0.1, 0.15) is 87.5 Å². The average molecular weight is 438 g/mol. The molecule has 1 saturated carbocycles. The number of nitrogens with zero attached hydrogens (tertiary/aromatic N) is 3. The lowest BCUT2D eigenvalue weighted by Crippen LogP contribution is -2.53. The molecule has 0 spiro atoms. The van der Waals surface area contributed by atoms with Gasteiger partial charge in [-0.05, 0) is 72.4 Å². The number of hydrogen-bond donors (Lipinski definition) is 0. The second-order valence-electron chi connectivity index (χ2n) is 12.8. The molecule has 2 atom stereocenters. The van der Waals surface area contributed by atoms with Crippen LogP contribution in [0.25, 0.3) is 0 Å². The van der Waals surface area contributed by atoms with Crippen LogP contribution < -0.4 is 0 Å². The summed E-state index contributed by atoms with van der Waals surface area (Å²) in [5, 5.41) is 0. The van der Waals surface area contributed by atoms with Crippen LogP contribution in [-0.4, -0.2) is 77.6 Å². The quantitative estimate of drug-likeness (QED) is 0.636. The predicted molar refractivity (Wildman–Crippen MR) is 126 cm³/mol. The molecule has 1 aliphatic heterocycles. The van der Waals surface area contributed by atoms with Gasteiger partial charge in [-0.3, -0.25) is 4.79 Å². The fourth-order valence-corrected chi connectivity index (χ4v) is 4.91. The van der Waals surface area contributed by atoms with Crippen molar-refractivity contribution < 1.29 is 14.3 Å². The highest BCUT2D eigenvalue weighted by Crippen LogP contribution is 2.40. The molecule has 0 aromatic carbocycles. The van der Waals surface area contributed by atoms with E-state index in [0.717, 1.165) is 38.6 Å². The van der Waals surface area contributed by atoms with Crippen molar-refractivity contribution in [3.05, 3.63) is 0 Å². The van der Waals surface area contributed by atoms with Gasteiger partial charge in [0.2, 0.25) is 5.91 Å². The fourth-order valence-electron chi connectivity index (χ4n) is 4.91. The first-order valence-corrected chi connectivity index (χ1v) is 12.0. The minimum atomic E-state index is -0.534. The molecule has 0 aromatic heterocycles. The Kier molecular flexibility index (Phi) is 7.77. The zero-order chi connectivity index (χ0) is 23.8. The maximum absolute atomic E-state index is 13.6. The molecule has 1 aliphatic carbocycles. The summed E-state index contributed by atoms with van der Waals surface area (Å²) in [6, 6.07) is 0.337. The largest absolute Gasteiger partial charge is 0.444 e. The van der Waals surface area contributed by atoms with Crippen molar-refractivity contribution >= 4 is 12.0 Å². The highest BCUT2D eigenvalue weighted by Gasteiger charge is 2.46. The first kappa shape index (κ1) is 26.0. The number of rotatable bonds is 4. The van der Waals surface area contributed by atoms with Gasteiger partial charge in [-0.2, -0.15) is 0 Å². The molecule has 6 nitrogen and oxygen atoms in total. The highest BCUT2D eigenvalue weighted by atomic mass is 16.6. The van der Waals surface area contributed by atoms with Crippen molar-refractivity contribution in [2.45, 2.75) is 111 Å². The third kappa shape index (κ3) is 7.10. The van der Waals surface area contributed by atoms with Gasteiger partial charge in [-0.25, -0.2) is 4.79 Å². The first-order valence-electron chi connectivity index (χ1n) is 12.0. The van der Waals surface area contributed by atoms with E-state index in [4.69, 9.17) is 4.74 Å². The number of ether oxygens (including phenoxy) is 1. The van der Waals surface area contributed by atoms with Gasteiger partial charge in [0.1, 0.15) is 5.60 Å². The van der Waals surface area contributed by atoms with Gasteiger partial charge >= 0.3 is 6.09 Å². The predicted octanol–water partition coefficient (Wildman–Crippen LogP) is 4.77. The molecule has 2 aliphatic rings. The van der Waals surface area contributed by atoms with E-state index in [1.807, 2.05) is 60.5 Å². The summed E-state index contributed by atoms with van der Waals surface area (Å²) in [5.74, 6) is 0.205. The second kappa shape index (κ2) is 9.29. The van der Waals surface area contributed by atoms with Crippen molar-refractivity contribution in [2.75, 3.05) is 27.2 Å². The topological polar surface area (TPSA) is 53.1 Å². The number of likely N-dealkylation sites (N-methyl/N-ethyl adjacent to an activating group) is 1. The van der Waals surface area contributed by atoms with Crippen molar-refractivity contribution in [1.29, 1.82) is 0 Å². The molecule has 31 heavy (non-hydrogen) atoms. The number of hydrogen-bond acceptors (Lipinski definition) is 4. The molecule has 1 heterocycles. The summed E-state index contributed by atoms with van der Waals surface area (Å²) < 4.78 is 5.73. The van der Waals surface area contributed by atoms with Crippen molar-refractivity contribution in [1.82, 2.24) is 14.7 Å². The molecule has 2 rings (SSSR count). The van der Waals surface area contributed by atoms with Crippen LogP contribution in [0.15, 0.2) is 0 Å². The summed E-state index contributed by atoms with van der Waals surface area (Å²) in [4.78, 5) is 32.8. The van der Waals surface area contributed by atoms with Crippen LogP contribution in [0, 0.1) is 10.8 Å².